The van der Waals surface area contributed by atoms with E-state index in [2.05, 4.69) is 22.0 Å². The molecule has 4 nitrogen and oxygen atoms in total. The van der Waals surface area contributed by atoms with Gasteiger partial charge in [-0.1, -0.05) is 6.92 Å². The second-order valence-corrected chi connectivity index (χ2v) is 4.17. The smallest absolute Gasteiger partial charge is 0.0110 e. The lowest BCUT2D eigenvalue weighted by Crippen LogP contribution is -2.42. The van der Waals surface area contributed by atoms with E-state index in [9.17, 15) is 0 Å². The molecule has 0 aromatic rings. The maximum atomic E-state index is 5.62. The van der Waals surface area contributed by atoms with E-state index in [1.54, 1.807) is 0 Å². The molecule has 1 heterocycles. The zero-order valence-electron chi connectivity index (χ0n) is 10.0. The first-order chi connectivity index (χ1) is 7.36. The van der Waals surface area contributed by atoms with Crippen molar-refractivity contribution >= 4 is 0 Å². The fraction of sp³-hybridized carbons (Fsp3) is 1.00. The van der Waals surface area contributed by atoms with Crippen LogP contribution in [0.5, 0.6) is 0 Å². The van der Waals surface area contributed by atoms with Gasteiger partial charge in [-0.15, -0.1) is 0 Å². The molecule has 0 spiro atoms. The number of nitrogens with one attached hydrogen (secondary N) is 1. The van der Waals surface area contributed by atoms with Crippen molar-refractivity contribution in [3.8, 4) is 0 Å². The Morgan fingerprint density at radius 3 is 2.60 bits per heavy atom. The number of nitrogens with two attached hydrogens (primary N) is 1. The lowest BCUT2D eigenvalue weighted by atomic mass is 10.3. The molecule has 0 unspecified atom stereocenters. The quantitative estimate of drug-likeness (QED) is 0.669. The summed E-state index contributed by atoms with van der Waals surface area (Å²) in [5.74, 6) is 0. The van der Waals surface area contributed by atoms with E-state index in [1.807, 2.05) is 0 Å². The highest BCUT2D eigenvalue weighted by molar-refractivity contribution is 4.67. The van der Waals surface area contributed by atoms with Crippen LogP contribution in [0.2, 0.25) is 0 Å². The van der Waals surface area contributed by atoms with E-state index >= 15 is 0 Å². The summed E-state index contributed by atoms with van der Waals surface area (Å²) >= 11 is 0. The summed E-state index contributed by atoms with van der Waals surface area (Å²) in [6.07, 6.45) is 1.24. The van der Waals surface area contributed by atoms with Gasteiger partial charge in [0.05, 0.1) is 0 Å². The highest BCUT2D eigenvalue weighted by atomic mass is 15.2. The van der Waals surface area contributed by atoms with Gasteiger partial charge in [0.1, 0.15) is 0 Å². The number of hydrogen-bond donors (Lipinski definition) is 2. The average Bonchev–Trinajstić information content (AvgIpc) is 2.27. The molecule has 15 heavy (non-hydrogen) atoms. The van der Waals surface area contributed by atoms with Crippen molar-refractivity contribution in [1.29, 1.82) is 0 Å². The van der Waals surface area contributed by atoms with Crippen LogP contribution in [0.15, 0.2) is 0 Å². The topological polar surface area (TPSA) is 44.5 Å². The minimum absolute atomic E-state index is 0.777. The van der Waals surface area contributed by atoms with Crippen LogP contribution in [0.1, 0.15) is 13.3 Å². The van der Waals surface area contributed by atoms with E-state index in [1.165, 1.54) is 32.6 Å². The Kier molecular flexibility index (Phi) is 6.92. The third-order valence-electron chi connectivity index (χ3n) is 3.06. The maximum Gasteiger partial charge on any atom is 0.0110 e. The lowest BCUT2D eigenvalue weighted by Gasteiger charge is -2.28. The van der Waals surface area contributed by atoms with E-state index in [-0.39, 0.29) is 0 Å². The Hall–Kier alpha value is -0.160. The molecule has 0 aromatic carbocycles. The summed E-state index contributed by atoms with van der Waals surface area (Å²) in [7, 11) is 0. The van der Waals surface area contributed by atoms with Gasteiger partial charge in [0, 0.05) is 39.3 Å². The average molecular weight is 214 g/mol. The minimum atomic E-state index is 0.777. The first-order valence-electron chi connectivity index (χ1n) is 6.22. The molecular formula is C11H26N4. The molecule has 0 amide bonds. The summed E-state index contributed by atoms with van der Waals surface area (Å²) in [5, 5.41) is 3.48. The zero-order valence-corrected chi connectivity index (χ0v) is 10.0. The molecule has 0 saturated carbocycles. The first kappa shape index (κ1) is 12.9. The van der Waals surface area contributed by atoms with Gasteiger partial charge >= 0.3 is 0 Å². The maximum absolute atomic E-state index is 5.62. The third kappa shape index (κ3) is 5.47. The summed E-state index contributed by atoms with van der Waals surface area (Å²) in [5.41, 5.74) is 5.62. The van der Waals surface area contributed by atoms with Gasteiger partial charge in [0.25, 0.3) is 0 Å². The van der Waals surface area contributed by atoms with E-state index < -0.39 is 0 Å². The van der Waals surface area contributed by atoms with Crippen LogP contribution in [0.25, 0.3) is 0 Å². The van der Waals surface area contributed by atoms with Crippen molar-refractivity contribution in [2.75, 3.05) is 58.9 Å². The van der Waals surface area contributed by atoms with Gasteiger partial charge in [-0.2, -0.15) is 0 Å². The minimum Gasteiger partial charge on any atom is -0.329 e. The third-order valence-corrected chi connectivity index (χ3v) is 3.06. The fourth-order valence-corrected chi connectivity index (χ4v) is 2.02. The molecule has 90 valence electrons. The van der Waals surface area contributed by atoms with Crippen molar-refractivity contribution in [2.45, 2.75) is 13.3 Å². The molecule has 1 aliphatic heterocycles. The first-order valence-corrected chi connectivity index (χ1v) is 6.22. The highest BCUT2D eigenvalue weighted by Gasteiger charge is 2.08. The van der Waals surface area contributed by atoms with Crippen LogP contribution < -0.4 is 11.1 Å². The Morgan fingerprint density at radius 2 is 1.87 bits per heavy atom. The Labute approximate surface area is 93.8 Å². The van der Waals surface area contributed by atoms with Gasteiger partial charge in [0.2, 0.25) is 0 Å². The van der Waals surface area contributed by atoms with Crippen LogP contribution in [-0.2, 0) is 0 Å². The SMILES string of the molecule is CCN1CCNCCCN(CCN)CC1. The zero-order chi connectivity index (χ0) is 10.9. The molecule has 0 aliphatic carbocycles. The van der Waals surface area contributed by atoms with E-state index in [0.717, 1.165) is 32.7 Å². The van der Waals surface area contributed by atoms with Gasteiger partial charge in [0.15, 0.2) is 0 Å². The second kappa shape index (κ2) is 8.05. The molecule has 0 bridgehead atoms. The predicted molar refractivity (Wildman–Crippen MR) is 65.1 cm³/mol. The molecule has 1 fully saturated rings. The molecule has 1 rings (SSSR count). The van der Waals surface area contributed by atoms with Gasteiger partial charge in [-0.05, 0) is 26.1 Å². The van der Waals surface area contributed by atoms with Gasteiger partial charge in [-0.3, -0.25) is 0 Å². The molecule has 0 radical (unpaired) electrons. The van der Waals surface area contributed by atoms with Gasteiger partial charge in [-0.25, -0.2) is 0 Å². The summed E-state index contributed by atoms with van der Waals surface area (Å²) < 4.78 is 0. The summed E-state index contributed by atoms with van der Waals surface area (Å²) in [6, 6.07) is 0. The molecule has 0 atom stereocenters. The predicted octanol–water partition coefficient (Wildman–Crippen LogP) is -0.438. The van der Waals surface area contributed by atoms with Crippen LogP contribution in [0.3, 0.4) is 0 Å². The van der Waals surface area contributed by atoms with Crippen molar-refractivity contribution in [3.63, 3.8) is 0 Å². The number of rotatable bonds is 3. The van der Waals surface area contributed by atoms with Crippen LogP contribution in [0.4, 0.5) is 0 Å². The normalized spacial score (nSPS) is 22.8. The van der Waals surface area contributed by atoms with Crippen molar-refractivity contribution in [3.05, 3.63) is 0 Å². The lowest BCUT2D eigenvalue weighted by molar-refractivity contribution is 0.201. The second-order valence-electron chi connectivity index (χ2n) is 4.17. The Balaban J connectivity index is 2.33. The molecular weight excluding hydrogens is 188 g/mol. The monoisotopic (exact) mass is 214 g/mol. The van der Waals surface area contributed by atoms with Crippen molar-refractivity contribution in [1.82, 2.24) is 15.1 Å². The van der Waals surface area contributed by atoms with Crippen molar-refractivity contribution < 1.29 is 0 Å². The molecule has 1 aliphatic rings. The standard InChI is InChI=1S/C11H26N4/c1-2-14-9-6-13-5-3-7-15(8-4-12)11-10-14/h13H,2-12H2,1H3. The Morgan fingerprint density at radius 1 is 1.07 bits per heavy atom. The van der Waals surface area contributed by atoms with E-state index in [0.29, 0.717) is 0 Å². The summed E-state index contributed by atoms with van der Waals surface area (Å²) in [6.45, 7) is 12.2. The van der Waals surface area contributed by atoms with Crippen LogP contribution in [-0.4, -0.2) is 68.7 Å². The van der Waals surface area contributed by atoms with Crippen LogP contribution >= 0.6 is 0 Å². The number of nitrogens with zero attached hydrogens (tertiary/aromatic N) is 2. The Bertz CT molecular complexity index is 152. The van der Waals surface area contributed by atoms with E-state index in [4.69, 9.17) is 5.73 Å². The molecule has 3 N–H and O–H groups in total. The van der Waals surface area contributed by atoms with Crippen LogP contribution in [0, 0.1) is 0 Å². The van der Waals surface area contributed by atoms with Crippen molar-refractivity contribution in [2.24, 2.45) is 5.73 Å². The molecule has 0 aromatic heterocycles. The number of likely N-dealkylation sites (N-methyl/N-ethyl adjacent to an activating group) is 1. The number of hydrogen-bond acceptors (Lipinski definition) is 4. The highest BCUT2D eigenvalue weighted by Crippen LogP contribution is 1.95. The fourth-order valence-electron chi connectivity index (χ4n) is 2.02. The molecule has 4 heteroatoms. The largest absolute Gasteiger partial charge is 0.329 e. The van der Waals surface area contributed by atoms with Gasteiger partial charge < -0.3 is 20.9 Å². The summed E-state index contributed by atoms with van der Waals surface area (Å²) in [4.78, 5) is 4.98. The molecule has 1 saturated heterocycles.